The number of benzene rings is 3. The van der Waals surface area contributed by atoms with Crippen molar-refractivity contribution in [2.75, 3.05) is 32.1 Å². The number of aromatic nitrogens is 1. The van der Waals surface area contributed by atoms with E-state index in [0.29, 0.717) is 88.7 Å². The van der Waals surface area contributed by atoms with Gasteiger partial charge in [0, 0.05) is 92.2 Å². The van der Waals surface area contributed by atoms with E-state index in [2.05, 4.69) is 26.3 Å². The lowest BCUT2D eigenvalue weighted by atomic mass is 10.0. The first kappa shape index (κ1) is 35.6. The van der Waals surface area contributed by atoms with Gasteiger partial charge in [-0.1, -0.05) is 59.6 Å². The van der Waals surface area contributed by atoms with Crippen molar-refractivity contribution in [2.45, 2.75) is 57.8 Å². The first-order valence-electron chi connectivity index (χ1n) is 16.9. The standard InChI is InChI=1S/C38H41Cl2FN6O3/c1-23(48)47-17-14-27(15-18-47)44-21-26-5-3-8-32(37(26)41)46-31-7-4-6-29(35(31)39)30-13-16-43-38(36(30)40)24-9-10-25(33(19-24)50-2)20-42-22-28-11-12-34(49)45-28/h3-10,13,16,19,27-28,42,44,46H,11-12,14-15,17-18,20-22H2,1-2H3,(H,45,49). The number of ether oxygens (including phenoxy) is 1. The topological polar surface area (TPSA) is 108 Å². The van der Waals surface area contributed by atoms with Crippen molar-refractivity contribution in [3.63, 3.8) is 0 Å². The average Bonchev–Trinajstić information content (AvgIpc) is 3.54. The van der Waals surface area contributed by atoms with E-state index in [1.54, 1.807) is 38.4 Å². The van der Waals surface area contributed by atoms with E-state index < -0.39 is 0 Å². The summed E-state index contributed by atoms with van der Waals surface area (Å²) >= 11 is 14.0. The lowest BCUT2D eigenvalue weighted by molar-refractivity contribution is -0.130. The predicted molar refractivity (Wildman–Crippen MR) is 196 cm³/mol. The second-order valence-electron chi connectivity index (χ2n) is 12.7. The van der Waals surface area contributed by atoms with Crippen LogP contribution in [0.3, 0.4) is 0 Å². The summed E-state index contributed by atoms with van der Waals surface area (Å²) in [5.74, 6) is 0.518. The fourth-order valence-corrected chi connectivity index (χ4v) is 7.15. The zero-order chi connectivity index (χ0) is 35.2. The van der Waals surface area contributed by atoms with E-state index in [0.717, 1.165) is 30.4 Å². The molecule has 2 fully saturated rings. The normalized spacial score (nSPS) is 16.4. The van der Waals surface area contributed by atoms with Crippen LogP contribution < -0.4 is 26.0 Å². The number of nitrogens with one attached hydrogen (secondary N) is 4. The Morgan fingerprint density at radius 3 is 2.48 bits per heavy atom. The number of hydrogen-bond acceptors (Lipinski definition) is 7. The molecule has 1 atom stereocenters. The van der Waals surface area contributed by atoms with Gasteiger partial charge < -0.3 is 30.9 Å². The molecule has 1 aromatic heterocycles. The van der Waals surface area contributed by atoms with Crippen molar-refractivity contribution < 1.29 is 18.7 Å². The smallest absolute Gasteiger partial charge is 0.220 e. The monoisotopic (exact) mass is 718 g/mol. The van der Waals surface area contributed by atoms with Crippen LogP contribution in [0.1, 0.15) is 43.7 Å². The van der Waals surface area contributed by atoms with Crippen molar-refractivity contribution in [2.24, 2.45) is 0 Å². The molecule has 0 spiro atoms. The van der Waals surface area contributed by atoms with Gasteiger partial charge in [0.05, 0.1) is 34.2 Å². The van der Waals surface area contributed by atoms with Crippen molar-refractivity contribution >= 4 is 46.4 Å². The van der Waals surface area contributed by atoms with Crippen LogP contribution in [0.15, 0.2) is 66.9 Å². The molecule has 12 heteroatoms. The molecule has 1 unspecified atom stereocenters. The van der Waals surface area contributed by atoms with Crippen LogP contribution in [0.25, 0.3) is 22.4 Å². The van der Waals surface area contributed by atoms with Crippen LogP contribution in [-0.4, -0.2) is 60.5 Å². The molecule has 9 nitrogen and oxygen atoms in total. The molecule has 2 aliphatic heterocycles. The molecule has 50 heavy (non-hydrogen) atoms. The molecular formula is C38H41Cl2FN6O3. The largest absolute Gasteiger partial charge is 0.496 e. The van der Waals surface area contributed by atoms with Gasteiger partial charge in [-0.15, -0.1) is 0 Å². The Labute approximate surface area is 301 Å². The predicted octanol–water partition coefficient (Wildman–Crippen LogP) is 7.08. The molecular weight excluding hydrogens is 678 g/mol. The Morgan fingerprint density at radius 2 is 1.74 bits per heavy atom. The second kappa shape index (κ2) is 16.2. The van der Waals surface area contributed by atoms with Gasteiger partial charge in [0.15, 0.2) is 5.82 Å². The summed E-state index contributed by atoms with van der Waals surface area (Å²) in [6, 6.07) is 18.8. The number of hydrogen-bond donors (Lipinski definition) is 4. The molecule has 4 N–H and O–H groups in total. The van der Waals surface area contributed by atoms with Gasteiger partial charge in [-0.05, 0) is 43.5 Å². The van der Waals surface area contributed by atoms with Gasteiger partial charge in [0.25, 0.3) is 0 Å². The number of anilines is 2. The van der Waals surface area contributed by atoms with Crippen LogP contribution in [-0.2, 0) is 22.7 Å². The molecule has 2 amide bonds. The number of nitrogens with zero attached hydrogens (tertiary/aromatic N) is 2. The fourth-order valence-electron chi connectivity index (χ4n) is 6.55. The molecule has 3 aromatic carbocycles. The van der Waals surface area contributed by atoms with E-state index in [1.165, 1.54) is 0 Å². The molecule has 0 saturated carbocycles. The van der Waals surface area contributed by atoms with Gasteiger partial charge in [0.1, 0.15) is 5.75 Å². The van der Waals surface area contributed by atoms with E-state index in [9.17, 15) is 9.59 Å². The summed E-state index contributed by atoms with van der Waals surface area (Å²) in [5, 5.41) is 13.8. The molecule has 6 rings (SSSR count). The third-order valence-electron chi connectivity index (χ3n) is 9.40. The number of carbonyl (C=O) groups is 2. The fraction of sp³-hybridized carbons (Fsp3) is 0.342. The molecule has 3 heterocycles. The minimum atomic E-state index is -0.357. The van der Waals surface area contributed by atoms with Crippen molar-refractivity contribution in [3.8, 4) is 28.1 Å². The summed E-state index contributed by atoms with van der Waals surface area (Å²) in [6.45, 7) is 4.63. The summed E-state index contributed by atoms with van der Waals surface area (Å²) < 4.78 is 21.4. The zero-order valence-corrected chi connectivity index (χ0v) is 29.6. The number of methoxy groups -OCH3 is 1. The SMILES string of the molecule is COc1cc(-c2nccc(-c3cccc(Nc4cccc(CNC5CCN(C(C)=O)CC5)c4F)c3Cl)c2Cl)ccc1CNCC1CCC(=O)N1. The van der Waals surface area contributed by atoms with Crippen molar-refractivity contribution in [1.29, 1.82) is 0 Å². The number of likely N-dealkylation sites (tertiary alicyclic amines) is 1. The highest BCUT2D eigenvalue weighted by Crippen LogP contribution is 2.42. The van der Waals surface area contributed by atoms with Crippen LogP contribution in [0, 0.1) is 5.82 Å². The number of pyridine rings is 1. The van der Waals surface area contributed by atoms with Gasteiger partial charge in [-0.2, -0.15) is 0 Å². The van der Waals surface area contributed by atoms with Crippen LogP contribution in [0.2, 0.25) is 10.0 Å². The lowest BCUT2D eigenvalue weighted by Gasteiger charge is -2.31. The Morgan fingerprint density at radius 1 is 0.980 bits per heavy atom. The molecule has 0 bridgehead atoms. The van der Waals surface area contributed by atoms with Gasteiger partial charge in [-0.25, -0.2) is 4.39 Å². The Kier molecular flexibility index (Phi) is 11.5. The first-order chi connectivity index (χ1) is 24.2. The minimum absolute atomic E-state index is 0.0896. The summed E-state index contributed by atoms with van der Waals surface area (Å²) in [5.41, 5.74) is 5.07. The van der Waals surface area contributed by atoms with E-state index in [-0.39, 0.29) is 29.7 Å². The average molecular weight is 720 g/mol. The summed E-state index contributed by atoms with van der Waals surface area (Å²) in [7, 11) is 1.62. The number of rotatable bonds is 12. The highest BCUT2D eigenvalue weighted by Gasteiger charge is 2.22. The van der Waals surface area contributed by atoms with E-state index >= 15 is 4.39 Å². The number of halogens is 3. The Bertz CT molecular complexity index is 1870. The maximum absolute atomic E-state index is 15.7. The van der Waals surface area contributed by atoms with Gasteiger partial charge in [0.2, 0.25) is 11.8 Å². The zero-order valence-electron chi connectivity index (χ0n) is 28.1. The highest BCUT2D eigenvalue weighted by molar-refractivity contribution is 6.39. The maximum atomic E-state index is 15.7. The Hall–Kier alpha value is -4.22. The first-order valence-corrected chi connectivity index (χ1v) is 17.6. The summed E-state index contributed by atoms with van der Waals surface area (Å²) in [4.78, 5) is 29.6. The van der Waals surface area contributed by atoms with Crippen molar-refractivity contribution in [3.05, 3.63) is 93.8 Å². The second-order valence-corrected chi connectivity index (χ2v) is 13.5. The molecule has 0 aliphatic carbocycles. The molecule has 4 aromatic rings. The van der Waals surface area contributed by atoms with Crippen LogP contribution in [0.5, 0.6) is 5.75 Å². The van der Waals surface area contributed by atoms with E-state index in [4.69, 9.17) is 27.9 Å². The molecule has 0 radical (unpaired) electrons. The van der Waals surface area contributed by atoms with Crippen molar-refractivity contribution in [1.82, 2.24) is 25.8 Å². The minimum Gasteiger partial charge on any atom is -0.496 e. The van der Waals surface area contributed by atoms with E-state index in [1.807, 2.05) is 47.4 Å². The molecule has 2 saturated heterocycles. The van der Waals surface area contributed by atoms with Gasteiger partial charge in [-0.3, -0.25) is 14.6 Å². The number of piperidine rings is 1. The highest BCUT2D eigenvalue weighted by atomic mass is 35.5. The van der Waals surface area contributed by atoms with Crippen LogP contribution >= 0.6 is 23.2 Å². The maximum Gasteiger partial charge on any atom is 0.220 e. The lowest BCUT2D eigenvalue weighted by Crippen LogP contribution is -2.44. The Balaban J connectivity index is 1.16. The van der Waals surface area contributed by atoms with Crippen LogP contribution in [0.4, 0.5) is 15.8 Å². The molecule has 262 valence electrons. The summed E-state index contributed by atoms with van der Waals surface area (Å²) in [6.07, 6.45) is 4.75. The molecule has 2 aliphatic rings. The number of amides is 2. The quantitative estimate of drug-likeness (QED) is 0.124. The number of carbonyl (C=O) groups excluding carboxylic acids is 2. The third kappa shape index (κ3) is 8.21. The third-order valence-corrected chi connectivity index (χ3v) is 10.2. The van der Waals surface area contributed by atoms with Gasteiger partial charge >= 0.3 is 0 Å².